The first kappa shape index (κ1) is 28.8. The third-order valence-corrected chi connectivity index (χ3v) is 7.23. The number of urea groups is 1. The highest BCUT2D eigenvalue weighted by Gasteiger charge is 2.48. The van der Waals surface area contributed by atoms with Gasteiger partial charge >= 0.3 is 6.03 Å². The minimum Gasteiger partial charge on any atom is -0.493 e. The molecule has 5 rings (SSSR count). The zero-order valence-corrected chi connectivity index (χ0v) is 24.2. The minimum absolute atomic E-state index is 0.0281. The molecule has 2 heterocycles. The van der Waals surface area contributed by atoms with Gasteiger partial charge in [0.05, 0.1) is 32.7 Å². The fraction of sp³-hybridized carbons (Fsp3) is 0.172. The summed E-state index contributed by atoms with van der Waals surface area (Å²) in [4.78, 5) is 34.7. The van der Waals surface area contributed by atoms with Gasteiger partial charge in [0.25, 0.3) is 5.91 Å². The molecule has 42 heavy (non-hydrogen) atoms. The average molecular weight is 609 g/mol. The molecule has 0 bridgehead atoms. The van der Waals surface area contributed by atoms with Gasteiger partial charge in [0, 0.05) is 21.8 Å². The fourth-order valence-corrected chi connectivity index (χ4v) is 5.02. The highest BCUT2D eigenvalue weighted by atomic mass is 35.5. The zero-order chi connectivity index (χ0) is 30.0. The fourth-order valence-electron chi connectivity index (χ4n) is 4.53. The van der Waals surface area contributed by atoms with Crippen LogP contribution in [0.4, 0.5) is 16.4 Å². The second kappa shape index (κ2) is 12.0. The first-order valence-electron chi connectivity index (χ1n) is 12.6. The SMILES string of the molecule is COc1cc(-c2cc(-c3ccc(Cl)cc3)nc(NC(=O)NN3C(=O)C(Cl)C3c3cccc(N)c3)n2)cc(OC)c1OC. The topological polar surface area (TPSA) is 141 Å². The summed E-state index contributed by atoms with van der Waals surface area (Å²) in [7, 11) is 4.53. The van der Waals surface area contributed by atoms with Crippen LogP contribution in [0, 0.1) is 0 Å². The van der Waals surface area contributed by atoms with Gasteiger partial charge in [-0.05, 0) is 48.0 Å². The van der Waals surface area contributed by atoms with Crippen LogP contribution in [0.3, 0.4) is 0 Å². The molecule has 1 saturated heterocycles. The highest BCUT2D eigenvalue weighted by Crippen LogP contribution is 2.41. The van der Waals surface area contributed by atoms with Crippen LogP contribution in [0.25, 0.3) is 22.5 Å². The maximum atomic E-state index is 13.1. The number of alkyl halides is 1. The molecule has 1 fully saturated rings. The molecule has 0 saturated carbocycles. The number of methoxy groups -OCH3 is 3. The van der Waals surface area contributed by atoms with E-state index < -0.39 is 23.4 Å². The summed E-state index contributed by atoms with van der Waals surface area (Å²) < 4.78 is 16.4. The number of hydrogen-bond donors (Lipinski definition) is 3. The molecule has 11 nitrogen and oxygen atoms in total. The number of carbonyl (C=O) groups is 2. The van der Waals surface area contributed by atoms with E-state index in [-0.39, 0.29) is 5.95 Å². The predicted octanol–water partition coefficient (Wildman–Crippen LogP) is 5.30. The number of carbonyl (C=O) groups excluding carboxylic acids is 2. The molecule has 0 spiro atoms. The van der Waals surface area contributed by atoms with Gasteiger partial charge in [0.2, 0.25) is 11.7 Å². The molecule has 0 aliphatic carbocycles. The van der Waals surface area contributed by atoms with E-state index in [0.29, 0.717) is 50.5 Å². The van der Waals surface area contributed by atoms with Crippen molar-refractivity contribution in [1.29, 1.82) is 0 Å². The van der Waals surface area contributed by atoms with Gasteiger partial charge < -0.3 is 19.9 Å². The third-order valence-electron chi connectivity index (χ3n) is 6.55. The molecule has 2 atom stereocenters. The van der Waals surface area contributed by atoms with E-state index in [1.165, 1.54) is 21.3 Å². The second-order valence-corrected chi connectivity index (χ2v) is 10.1. The summed E-state index contributed by atoms with van der Waals surface area (Å²) in [5.41, 5.74) is 11.9. The van der Waals surface area contributed by atoms with Crippen LogP contribution >= 0.6 is 23.2 Å². The number of halogens is 2. The quantitative estimate of drug-likeness (QED) is 0.139. The molecule has 13 heteroatoms. The van der Waals surface area contributed by atoms with Crippen molar-refractivity contribution in [3.63, 3.8) is 0 Å². The van der Waals surface area contributed by atoms with E-state index in [9.17, 15) is 9.59 Å². The average Bonchev–Trinajstić information content (AvgIpc) is 3.00. The highest BCUT2D eigenvalue weighted by molar-refractivity contribution is 6.33. The number of hydrogen-bond acceptors (Lipinski definition) is 8. The monoisotopic (exact) mass is 608 g/mol. The molecule has 0 radical (unpaired) electrons. The number of benzene rings is 3. The summed E-state index contributed by atoms with van der Waals surface area (Å²) in [6, 6.07) is 17.8. The number of anilines is 2. The van der Waals surface area contributed by atoms with Crippen molar-refractivity contribution < 1.29 is 23.8 Å². The summed E-state index contributed by atoms with van der Waals surface area (Å²) in [6.07, 6.45) is 0. The Morgan fingerprint density at radius 3 is 2.14 bits per heavy atom. The van der Waals surface area contributed by atoms with E-state index >= 15 is 0 Å². The maximum Gasteiger partial charge on any atom is 0.340 e. The van der Waals surface area contributed by atoms with Crippen LogP contribution < -0.4 is 30.7 Å². The summed E-state index contributed by atoms with van der Waals surface area (Å²) in [6.45, 7) is 0. The normalized spacial score (nSPS) is 15.9. The van der Waals surface area contributed by atoms with Gasteiger partial charge in [0.15, 0.2) is 11.5 Å². The first-order chi connectivity index (χ1) is 20.2. The smallest absolute Gasteiger partial charge is 0.340 e. The van der Waals surface area contributed by atoms with Crippen molar-refractivity contribution >= 4 is 46.8 Å². The van der Waals surface area contributed by atoms with Gasteiger partial charge in [0.1, 0.15) is 11.4 Å². The Morgan fingerprint density at radius 1 is 0.905 bits per heavy atom. The number of nitrogens with zero attached hydrogens (tertiary/aromatic N) is 3. The van der Waals surface area contributed by atoms with Crippen molar-refractivity contribution in [1.82, 2.24) is 20.4 Å². The predicted molar refractivity (Wildman–Crippen MR) is 160 cm³/mol. The summed E-state index contributed by atoms with van der Waals surface area (Å²) >= 11 is 12.4. The summed E-state index contributed by atoms with van der Waals surface area (Å²) in [5, 5.41) is 3.47. The van der Waals surface area contributed by atoms with Crippen molar-refractivity contribution in [3.05, 3.63) is 77.3 Å². The van der Waals surface area contributed by atoms with Crippen LogP contribution in [0.5, 0.6) is 17.2 Å². The first-order valence-corrected chi connectivity index (χ1v) is 13.4. The summed E-state index contributed by atoms with van der Waals surface area (Å²) in [5.74, 6) is 0.767. The van der Waals surface area contributed by atoms with Gasteiger partial charge in [-0.1, -0.05) is 35.9 Å². The van der Waals surface area contributed by atoms with Crippen LogP contribution in [-0.2, 0) is 4.79 Å². The van der Waals surface area contributed by atoms with Crippen LogP contribution in [0.15, 0.2) is 66.7 Å². The Labute approximate surface area is 251 Å². The second-order valence-electron chi connectivity index (χ2n) is 9.17. The molecular formula is C29H26Cl2N6O5. The van der Waals surface area contributed by atoms with Gasteiger partial charge in [-0.25, -0.2) is 25.2 Å². The molecule has 216 valence electrons. The van der Waals surface area contributed by atoms with E-state index in [0.717, 1.165) is 10.6 Å². The molecule has 3 amide bonds. The van der Waals surface area contributed by atoms with Crippen molar-refractivity contribution in [2.75, 3.05) is 32.4 Å². The standard InChI is InChI=1S/C29H26Cl2N6O5/c1-40-22-12-17(13-23(41-2)26(22)42-3)21-14-20(15-7-9-18(30)10-8-15)33-28(34-21)35-29(39)36-37-25(24(31)27(37)38)16-5-4-6-19(32)11-16/h4-14,24-25H,32H2,1-3H3,(H2,33,34,35,36,39). The lowest BCUT2D eigenvalue weighted by atomic mass is 9.95. The Bertz CT molecular complexity index is 1630. The number of nitrogen functional groups attached to an aromatic ring is 1. The molecule has 4 N–H and O–H groups in total. The van der Waals surface area contributed by atoms with Gasteiger partial charge in [-0.2, -0.15) is 0 Å². The van der Waals surface area contributed by atoms with Crippen LogP contribution in [0.1, 0.15) is 11.6 Å². The number of nitrogens with one attached hydrogen (secondary N) is 2. The number of β-lactam (4-membered cyclic amide) rings is 1. The van der Waals surface area contributed by atoms with Crippen LogP contribution in [0.2, 0.25) is 5.02 Å². The number of hydrazine groups is 1. The Morgan fingerprint density at radius 2 is 1.55 bits per heavy atom. The van der Waals surface area contributed by atoms with E-state index in [4.69, 9.17) is 43.1 Å². The minimum atomic E-state index is -0.858. The number of nitrogens with two attached hydrogens (primary N) is 1. The Balaban J connectivity index is 1.48. The third kappa shape index (κ3) is 5.69. The lowest BCUT2D eigenvalue weighted by Crippen LogP contribution is -2.63. The van der Waals surface area contributed by atoms with E-state index in [1.807, 2.05) is 0 Å². The molecule has 1 aromatic heterocycles. The zero-order valence-electron chi connectivity index (χ0n) is 22.7. The number of rotatable bonds is 8. The van der Waals surface area contributed by atoms with Crippen molar-refractivity contribution in [2.45, 2.75) is 11.4 Å². The van der Waals surface area contributed by atoms with Crippen molar-refractivity contribution in [3.8, 4) is 39.8 Å². The molecule has 3 aromatic carbocycles. The Hall–Kier alpha value is -4.74. The number of aromatic nitrogens is 2. The van der Waals surface area contributed by atoms with E-state index in [2.05, 4.69) is 20.7 Å². The molecule has 4 aromatic rings. The largest absolute Gasteiger partial charge is 0.493 e. The number of amides is 3. The lowest BCUT2D eigenvalue weighted by molar-refractivity contribution is -0.149. The molecule has 2 unspecified atom stereocenters. The molecular weight excluding hydrogens is 583 g/mol. The molecule has 1 aliphatic heterocycles. The van der Waals surface area contributed by atoms with E-state index in [1.54, 1.807) is 66.7 Å². The Kier molecular flexibility index (Phi) is 8.23. The lowest BCUT2D eigenvalue weighted by Gasteiger charge is -2.43. The van der Waals surface area contributed by atoms with Gasteiger partial charge in [-0.15, -0.1) is 11.6 Å². The van der Waals surface area contributed by atoms with Crippen molar-refractivity contribution in [2.24, 2.45) is 0 Å². The van der Waals surface area contributed by atoms with Crippen LogP contribution in [-0.4, -0.2) is 53.6 Å². The maximum absolute atomic E-state index is 13.1. The van der Waals surface area contributed by atoms with Gasteiger partial charge in [-0.3, -0.25) is 10.1 Å². The molecule has 1 aliphatic rings. The number of ether oxygens (including phenoxy) is 3.